The minimum absolute atomic E-state index is 0.337. The molecule has 0 atom stereocenters. The maximum absolute atomic E-state index is 12.9. The van der Waals surface area contributed by atoms with Crippen LogP contribution in [0.4, 0.5) is 11.5 Å². The number of aromatic nitrogens is 2. The first-order valence-corrected chi connectivity index (χ1v) is 10.1. The number of rotatable bonds is 4. The third-order valence-electron chi connectivity index (χ3n) is 4.27. The van der Waals surface area contributed by atoms with Crippen molar-refractivity contribution in [1.29, 1.82) is 0 Å². The second-order valence-corrected chi connectivity index (χ2v) is 7.73. The number of benzene rings is 2. The van der Waals surface area contributed by atoms with Gasteiger partial charge in [-0.15, -0.1) is 0 Å². The lowest BCUT2D eigenvalue weighted by Gasteiger charge is -2.10. The average Bonchev–Trinajstić information content (AvgIpc) is 2.75. The van der Waals surface area contributed by atoms with E-state index in [1.807, 2.05) is 6.07 Å². The number of nitrogens with one attached hydrogen (secondary N) is 2. The summed E-state index contributed by atoms with van der Waals surface area (Å²) in [5.41, 5.74) is 1.76. The zero-order valence-electron chi connectivity index (χ0n) is 15.4. The largest absolute Gasteiger partial charge is 0.322 e. The van der Waals surface area contributed by atoms with Crippen LogP contribution in [-0.4, -0.2) is 21.8 Å². The fraction of sp³-hybridized carbons (Fsp3) is 0. The van der Waals surface area contributed by atoms with Crippen LogP contribution in [0.25, 0.3) is 10.9 Å². The summed E-state index contributed by atoms with van der Waals surface area (Å²) in [6.07, 6.45) is 3.21. The van der Waals surface area contributed by atoms with Crippen LogP contribution in [0.3, 0.4) is 0 Å². The van der Waals surface area contributed by atoms with Crippen molar-refractivity contribution in [1.82, 2.24) is 9.97 Å². The molecule has 148 valence electrons. The van der Waals surface area contributed by atoms with Crippen LogP contribution in [0.5, 0.6) is 0 Å². The molecule has 0 radical (unpaired) electrons. The highest BCUT2D eigenvalue weighted by atomic mass is 79.9. The van der Waals surface area contributed by atoms with Crippen molar-refractivity contribution in [3.05, 3.63) is 93.7 Å². The molecular formula is C22H14BrClN4O2. The number of pyridine rings is 2. The zero-order chi connectivity index (χ0) is 21.1. The summed E-state index contributed by atoms with van der Waals surface area (Å²) in [7, 11) is 0. The highest BCUT2D eigenvalue weighted by Gasteiger charge is 2.14. The molecule has 0 aliphatic carbocycles. The lowest BCUT2D eigenvalue weighted by molar-refractivity contribution is 0.101. The van der Waals surface area contributed by atoms with Gasteiger partial charge in [-0.05, 0) is 64.5 Å². The number of anilines is 2. The molecule has 0 saturated heterocycles. The van der Waals surface area contributed by atoms with E-state index in [9.17, 15) is 9.59 Å². The Morgan fingerprint density at radius 1 is 0.900 bits per heavy atom. The van der Waals surface area contributed by atoms with Crippen LogP contribution in [0.15, 0.2) is 77.5 Å². The monoisotopic (exact) mass is 480 g/mol. The first-order chi connectivity index (χ1) is 14.5. The van der Waals surface area contributed by atoms with Crippen molar-refractivity contribution >= 4 is 61.8 Å². The highest BCUT2D eigenvalue weighted by molar-refractivity contribution is 9.10. The van der Waals surface area contributed by atoms with E-state index in [0.717, 1.165) is 9.86 Å². The second kappa shape index (κ2) is 8.61. The standard InChI is InChI=1S/C22H14BrClN4O2/c23-15-6-7-19(26-12-15)28-21(29)14-3-1-5-17(10-14)27-22(30)18-11-16(24)9-13-4-2-8-25-20(13)18/h1-12H,(H,27,30)(H,26,28,29). The van der Waals surface area contributed by atoms with Gasteiger partial charge in [0.1, 0.15) is 5.82 Å². The molecule has 0 spiro atoms. The van der Waals surface area contributed by atoms with E-state index in [2.05, 4.69) is 36.5 Å². The quantitative estimate of drug-likeness (QED) is 0.400. The van der Waals surface area contributed by atoms with Crippen molar-refractivity contribution < 1.29 is 9.59 Å². The Labute approximate surface area is 185 Å². The van der Waals surface area contributed by atoms with Crippen molar-refractivity contribution in [2.24, 2.45) is 0 Å². The number of nitrogens with zero attached hydrogens (tertiary/aromatic N) is 2. The second-order valence-electron chi connectivity index (χ2n) is 6.38. The van der Waals surface area contributed by atoms with E-state index < -0.39 is 0 Å². The van der Waals surface area contributed by atoms with Crippen LogP contribution in [0.2, 0.25) is 5.02 Å². The van der Waals surface area contributed by atoms with Gasteiger partial charge in [-0.25, -0.2) is 4.98 Å². The zero-order valence-corrected chi connectivity index (χ0v) is 17.7. The lowest BCUT2D eigenvalue weighted by atomic mass is 10.1. The summed E-state index contributed by atoms with van der Waals surface area (Å²) in [6, 6.07) is 17.0. The maximum Gasteiger partial charge on any atom is 0.257 e. The molecule has 0 unspecified atom stereocenters. The molecule has 2 aromatic carbocycles. The van der Waals surface area contributed by atoms with Crippen molar-refractivity contribution in [3.8, 4) is 0 Å². The van der Waals surface area contributed by atoms with E-state index in [-0.39, 0.29) is 11.8 Å². The highest BCUT2D eigenvalue weighted by Crippen LogP contribution is 2.23. The van der Waals surface area contributed by atoms with Gasteiger partial charge >= 0.3 is 0 Å². The van der Waals surface area contributed by atoms with E-state index >= 15 is 0 Å². The molecule has 0 aliphatic heterocycles. The predicted molar refractivity (Wildman–Crippen MR) is 121 cm³/mol. The van der Waals surface area contributed by atoms with Crippen molar-refractivity contribution in [2.45, 2.75) is 0 Å². The Morgan fingerprint density at radius 3 is 2.57 bits per heavy atom. The van der Waals surface area contributed by atoms with Gasteiger partial charge in [-0.2, -0.15) is 0 Å². The fourth-order valence-electron chi connectivity index (χ4n) is 2.90. The number of halogens is 2. The molecule has 6 nitrogen and oxygen atoms in total. The molecule has 4 aromatic rings. The predicted octanol–water partition coefficient (Wildman–Crippen LogP) is 5.55. The van der Waals surface area contributed by atoms with E-state index in [0.29, 0.717) is 33.2 Å². The number of hydrogen-bond donors (Lipinski definition) is 2. The Bertz CT molecular complexity index is 1260. The van der Waals surface area contributed by atoms with Gasteiger partial charge < -0.3 is 10.6 Å². The third kappa shape index (κ3) is 4.48. The van der Waals surface area contributed by atoms with Gasteiger partial charge in [0.05, 0.1) is 11.1 Å². The van der Waals surface area contributed by atoms with Crippen LogP contribution >= 0.6 is 27.5 Å². The minimum atomic E-state index is -0.367. The summed E-state index contributed by atoms with van der Waals surface area (Å²) in [4.78, 5) is 33.8. The summed E-state index contributed by atoms with van der Waals surface area (Å²) in [5, 5.41) is 6.73. The molecule has 4 rings (SSSR count). The number of hydrogen-bond acceptors (Lipinski definition) is 4. The first-order valence-electron chi connectivity index (χ1n) is 8.88. The molecule has 2 aromatic heterocycles. The molecule has 30 heavy (non-hydrogen) atoms. The number of amides is 2. The topological polar surface area (TPSA) is 84.0 Å². The molecule has 2 amide bonds. The fourth-order valence-corrected chi connectivity index (χ4v) is 3.36. The smallest absolute Gasteiger partial charge is 0.257 e. The maximum atomic E-state index is 12.9. The number of fused-ring (bicyclic) bond motifs is 1. The molecule has 0 bridgehead atoms. The summed E-state index contributed by atoms with van der Waals surface area (Å²) >= 11 is 9.45. The summed E-state index contributed by atoms with van der Waals surface area (Å²) < 4.78 is 0.813. The van der Waals surface area contributed by atoms with Crippen LogP contribution in [-0.2, 0) is 0 Å². The summed E-state index contributed by atoms with van der Waals surface area (Å²) in [6.45, 7) is 0. The van der Waals surface area contributed by atoms with Crippen LogP contribution < -0.4 is 10.6 Å². The van der Waals surface area contributed by atoms with Crippen LogP contribution in [0.1, 0.15) is 20.7 Å². The Hall–Kier alpha value is -3.29. The van der Waals surface area contributed by atoms with E-state index in [1.165, 1.54) is 0 Å². The van der Waals surface area contributed by atoms with Crippen molar-refractivity contribution in [2.75, 3.05) is 10.6 Å². The van der Waals surface area contributed by atoms with Gasteiger partial charge in [0, 0.05) is 38.5 Å². The van der Waals surface area contributed by atoms with Gasteiger partial charge in [-0.3, -0.25) is 14.6 Å². The van der Waals surface area contributed by atoms with Gasteiger partial charge in [-0.1, -0.05) is 23.7 Å². The molecule has 0 fully saturated rings. The number of carbonyl (C=O) groups excluding carboxylic acids is 2. The van der Waals surface area contributed by atoms with E-state index in [1.54, 1.807) is 67.0 Å². The Balaban J connectivity index is 1.55. The lowest BCUT2D eigenvalue weighted by Crippen LogP contribution is -2.15. The van der Waals surface area contributed by atoms with Gasteiger partial charge in [0.15, 0.2) is 0 Å². The molecule has 8 heteroatoms. The minimum Gasteiger partial charge on any atom is -0.322 e. The normalized spacial score (nSPS) is 10.6. The third-order valence-corrected chi connectivity index (χ3v) is 4.95. The van der Waals surface area contributed by atoms with Crippen molar-refractivity contribution in [3.63, 3.8) is 0 Å². The molecule has 2 N–H and O–H groups in total. The number of carbonyl (C=O) groups is 2. The van der Waals surface area contributed by atoms with Gasteiger partial charge in [0.2, 0.25) is 0 Å². The SMILES string of the molecule is O=C(Nc1ccc(Br)cn1)c1cccc(NC(=O)c2cc(Cl)cc3cccnc23)c1. The first kappa shape index (κ1) is 20.0. The van der Waals surface area contributed by atoms with Gasteiger partial charge in [0.25, 0.3) is 11.8 Å². The van der Waals surface area contributed by atoms with Crippen LogP contribution in [0, 0.1) is 0 Å². The summed E-state index contributed by atoms with van der Waals surface area (Å²) in [5.74, 6) is -0.279. The molecule has 0 aliphatic rings. The van der Waals surface area contributed by atoms with E-state index in [4.69, 9.17) is 11.6 Å². The molecule has 0 saturated carbocycles. The Kier molecular flexibility index (Phi) is 5.74. The Morgan fingerprint density at radius 2 is 1.77 bits per heavy atom. The average molecular weight is 482 g/mol. The molecule has 2 heterocycles. The molecular weight excluding hydrogens is 468 g/mol.